The molecule has 0 bridgehead atoms. The van der Waals surface area contributed by atoms with Crippen molar-refractivity contribution in [3.63, 3.8) is 0 Å². The Morgan fingerprint density at radius 3 is 2.44 bits per heavy atom. The molecule has 0 saturated heterocycles. The van der Waals surface area contributed by atoms with Crippen molar-refractivity contribution in [2.24, 2.45) is 0 Å². The predicted molar refractivity (Wildman–Crippen MR) is 95.1 cm³/mol. The normalized spacial score (nSPS) is 10.3. The minimum Gasteiger partial charge on any atom is -0.494 e. The number of anilines is 1. The molecule has 126 valence electrons. The van der Waals surface area contributed by atoms with Crippen molar-refractivity contribution >= 4 is 28.7 Å². The number of carbonyl (C=O) groups is 2. The first-order valence-electron chi connectivity index (χ1n) is 7.42. The number of hydrogen-bond donors (Lipinski definition) is 1. The van der Waals surface area contributed by atoms with Crippen molar-refractivity contribution in [1.82, 2.24) is 0 Å². The Kier molecular flexibility index (Phi) is 4.90. The molecule has 3 aromatic rings. The third-order valence-electron chi connectivity index (χ3n) is 3.57. The zero-order valence-electron chi connectivity index (χ0n) is 13.3. The van der Waals surface area contributed by atoms with Gasteiger partial charge in [0, 0.05) is 17.3 Å². The summed E-state index contributed by atoms with van der Waals surface area (Å²) in [6.45, 7) is 0. The first-order chi connectivity index (χ1) is 12.1. The van der Waals surface area contributed by atoms with E-state index in [1.54, 1.807) is 41.8 Å². The summed E-state index contributed by atoms with van der Waals surface area (Å²) < 4.78 is 18.6. The van der Waals surface area contributed by atoms with Gasteiger partial charge in [-0.2, -0.15) is 0 Å². The third-order valence-corrected chi connectivity index (χ3v) is 4.44. The van der Waals surface area contributed by atoms with Gasteiger partial charge < -0.3 is 10.1 Å². The zero-order chi connectivity index (χ0) is 17.8. The Morgan fingerprint density at radius 2 is 1.80 bits per heavy atom. The second-order valence-corrected chi connectivity index (χ2v) is 6.10. The van der Waals surface area contributed by atoms with Crippen LogP contribution in [0, 0.1) is 5.82 Å². The molecule has 25 heavy (non-hydrogen) atoms. The number of amides is 1. The second-order valence-electron chi connectivity index (χ2n) is 5.16. The lowest BCUT2D eigenvalue weighted by atomic mass is 10.0. The van der Waals surface area contributed by atoms with Crippen LogP contribution in [0.4, 0.5) is 10.1 Å². The molecule has 2 aromatic carbocycles. The van der Waals surface area contributed by atoms with E-state index >= 15 is 0 Å². The highest BCUT2D eigenvalue weighted by Crippen LogP contribution is 2.23. The van der Waals surface area contributed by atoms with E-state index in [4.69, 9.17) is 4.74 Å². The van der Waals surface area contributed by atoms with E-state index in [1.807, 2.05) is 0 Å². The SMILES string of the molecule is COc1ccc(NC(=O)c2ccccc2C(=O)c2cccs2)cc1F. The van der Waals surface area contributed by atoms with Crippen LogP contribution in [-0.4, -0.2) is 18.8 Å². The van der Waals surface area contributed by atoms with Gasteiger partial charge >= 0.3 is 0 Å². The minimum atomic E-state index is -0.580. The van der Waals surface area contributed by atoms with Gasteiger partial charge in [0.15, 0.2) is 11.6 Å². The summed E-state index contributed by atoms with van der Waals surface area (Å²) in [5.41, 5.74) is 0.815. The van der Waals surface area contributed by atoms with Crippen LogP contribution in [0.5, 0.6) is 5.75 Å². The highest BCUT2D eigenvalue weighted by atomic mass is 32.1. The number of benzene rings is 2. The third kappa shape index (κ3) is 3.59. The van der Waals surface area contributed by atoms with E-state index < -0.39 is 11.7 Å². The summed E-state index contributed by atoms with van der Waals surface area (Å²) in [6, 6.07) is 14.2. The Balaban J connectivity index is 1.88. The monoisotopic (exact) mass is 355 g/mol. The average Bonchev–Trinajstić information content (AvgIpc) is 3.16. The van der Waals surface area contributed by atoms with E-state index in [-0.39, 0.29) is 22.8 Å². The largest absolute Gasteiger partial charge is 0.494 e. The number of ether oxygens (including phenoxy) is 1. The molecule has 0 atom stereocenters. The Hall–Kier alpha value is -2.99. The van der Waals surface area contributed by atoms with E-state index in [0.29, 0.717) is 10.4 Å². The van der Waals surface area contributed by atoms with Crippen LogP contribution < -0.4 is 10.1 Å². The summed E-state index contributed by atoms with van der Waals surface area (Å²) in [5.74, 6) is -1.19. The molecule has 0 fully saturated rings. The summed E-state index contributed by atoms with van der Waals surface area (Å²) >= 11 is 1.31. The fourth-order valence-corrected chi connectivity index (χ4v) is 3.04. The van der Waals surface area contributed by atoms with Crippen LogP contribution in [0.3, 0.4) is 0 Å². The Bertz CT molecular complexity index is 922. The molecular formula is C19H14FNO3S. The number of halogens is 1. The molecule has 6 heteroatoms. The summed E-state index contributed by atoms with van der Waals surface area (Å²) in [6.07, 6.45) is 0. The Morgan fingerprint density at radius 1 is 1.04 bits per heavy atom. The van der Waals surface area contributed by atoms with E-state index in [2.05, 4.69) is 5.32 Å². The van der Waals surface area contributed by atoms with Gasteiger partial charge in [0.1, 0.15) is 0 Å². The van der Waals surface area contributed by atoms with E-state index in [0.717, 1.165) is 0 Å². The number of methoxy groups -OCH3 is 1. The highest BCUT2D eigenvalue weighted by Gasteiger charge is 2.19. The number of carbonyl (C=O) groups excluding carboxylic acids is 2. The predicted octanol–water partition coefficient (Wildman–Crippen LogP) is 4.38. The standard InChI is InChI=1S/C19H14FNO3S/c1-24-16-9-8-12(11-15(16)20)21-19(23)14-6-3-2-5-13(14)18(22)17-7-4-10-25-17/h2-11H,1H3,(H,21,23). The first kappa shape index (κ1) is 16.9. The molecule has 0 unspecified atom stereocenters. The van der Waals surface area contributed by atoms with Crippen LogP contribution in [-0.2, 0) is 0 Å². The van der Waals surface area contributed by atoms with Crippen LogP contribution in [0.2, 0.25) is 0 Å². The maximum atomic E-state index is 13.8. The second kappa shape index (κ2) is 7.27. The van der Waals surface area contributed by atoms with Gasteiger partial charge in [-0.05, 0) is 29.6 Å². The molecule has 0 aliphatic rings. The van der Waals surface area contributed by atoms with Gasteiger partial charge in [-0.15, -0.1) is 11.3 Å². The number of ketones is 1. The maximum absolute atomic E-state index is 13.8. The molecule has 1 amide bonds. The minimum absolute atomic E-state index is 0.0891. The van der Waals surface area contributed by atoms with E-state index in [1.165, 1.54) is 36.6 Å². The average molecular weight is 355 g/mol. The maximum Gasteiger partial charge on any atom is 0.256 e. The Labute approximate surface area is 147 Å². The topological polar surface area (TPSA) is 55.4 Å². The van der Waals surface area contributed by atoms with Gasteiger partial charge in [-0.25, -0.2) is 4.39 Å². The lowest BCUT2D eigenvalue weighted by Crippen LogP contribution is -2.16. The van der Waals surface area contributed by atoms with Crippen molar-refractivity contribution in [3.05, 3.63) is 81.8 Å². The van der Waals surface area contributed by atoms with Crippen molar-refractivity contribution in [1.29, 1.82) is 0 Å². The molecule has 0 radical (unpaired) electrons. The molecule has 4 nitrogen and oxygen atoms in total. The zero-order valence-corrected chi connectivity index (χ0v) is 14.1. The van der Waals surface area contributed by atoms with Crippen LogP contribution in [0.15, 0.2) is 60.0 Å². The molecule has 1 N–H and O–H groups in total. The molecule has 0 aliphatic heterocycles. The lowest BCUT2D eigenvalue weighted by molar-refractivity contribution is 0.0997. The fraction of sp³-hybridized carbons (Fsp3) is 0.0526. The molecule has 0 spiro atoms. The highest BCUT2D eigenvalue weighted by molar-refractivity contribution is 7.12. The number of rotatable bonds is 5. The molecule has 3 rings (SSSR count). The van der Waals surface area contributed by atoms with Crippen molar-refractivity contribution in [2.45, 2.75) is 0 Å². The van der Waals surface area contributed by atoms with Gasteiger partial charge in [-0.1, -0.05) is 24.3 Å². The van der Waals surface area contributed by atoms with Gasteiger partial charge in [-0.3, -0.25) is 9.59 Å². The van der Waals surface area contributed by atoms with Gasteiger partial charge in [0.2, 0.25) is 5.78 Å². The molecule has 0 aliphatic carbocycles. The summed E-state index contributed by atoms with van der Waals surface area (Å²) in [5, 5.41) is 4.41. The van der Waals surface area contributed by atoms with Crippen LogP contribution in [0.25, 0.3) is 0 Å². The van der Waals surface area contributed by atoms with Gasteiger partial charge in [0.25, 0.3) is 5.91 Å². The van der Waals surface area contributed by atoms with E-state index in [9.17, 15) is 14.0 Å². The molecule has 1 heterocycles. The first-order valence-corrected chi connectivity index (χ1v) is 8.30. The van der Waals surface area contributed by atoms with Gasteiger partial charge in [0.05, 0.1) is 17.6 Å². The van der Waals surface area contributed by atoms with Crippen molar-refractivity contribution in [2.75, 3.05) is 12.4 Å². The van der Waals surface area contributed by atoms with Crippen LogP contribution in [0.1, 0.15) is 25.6 Å². The van der Waals surface area contributed by atoms with Crippen LogP contribution >= 0.6 is 11.3 Å². The number of thiophene rings is 1. The quantitative estimate of drug-likeness (QED) is 0.691. The lowest BCUT2D eigenvalue weighted by Gasteiger charge is -2.10. The van der Waals surface area contributed by atoms with Crippen molar-refractivity contribution in [3.8, 4) is 5.75 Å². The smallest absolute Gasteiger partial charge is 0.256 e. The number of nitrogens with one attached hydrogen (secondary N) is 1. The number of hydrogen-bond acceptors (Lipinski definition) is 4. The molecule has 0 saturated carbocycles. The molecular weight excluding hydrogens is 341 g/mol. The fourth-order valence-electron chi connectivity index (χ4n) is 2.36. The summed E-state index contributed by atoms with van der Waals surface area (Å²) in [4.78, 5) is 25.7. The molecule has 1 aromatic heterocycles. The summed E-state index contributed by atoms with van der Waals surface area (Å²) in [7, 11) is 1.36. The van der Waals surface area contributed by atoms with Crippen molar-refractivity contribution < 1.29 is 18.7 Å².